The fourth-order valence-corrected chi connectivity index (χ4v) is 2.19. The van der Waals surface area contributed by atoms with Crippen molar-refractivity contribution in [2.45, 2.75) is 37.8 Å². The molecule has 0 aliphatic heterocycles. The Morgan fingerprint density at radius 2 is 2.44 bits per heavy atom. The molecule has 2 rings (SSSR count). The summed E-state index contributed by atoms with van der Waals surface area (Å²) in [7, 11) is 0. The summed E-state index contributed by atoms with van der Waals surface area (Å²) in [5.74, 6) is 0.628. The number of carbonyl (C=O) groups excluding carboxylic acids is 1. The van der Waals surface area contributed by atoms with E-state index in [1.807, 2.05) is 17.8 Å². The molecule has 0 aromatic carbocycles. The van der Waals surface area contributed by atoms with Gasteiger partial charge in [-0.3, -0.25) is 4.79 Å². The molecule has 5 nitrogen and oxygen atoms in total. The van der Waals surface area contributed by atoms with Crippen molar-refractivity contribution < 1.29 is 4.79 Å². The maximum absolute atomic E-state index is 11.5. The maximum atomic E-state index is 11.5. The number of hydrogen-bond donors (Lipinski definition) is 2. The van der Waals surface area contributed by atoms with Gasteiger partial charge in [-0.05, 0) is 25.5 Å². The van der Waals surface area contributed by atoms with Crippen LogP contribution in [0.2, 0.25) is 0 Å². The Balaban J connectivity index is 1.99. The summed E-state index contributed by atoms with van der Waals surface area (Å²) in [5, 5.41) is 10.8. The number of thiol groups is 1. The lowest BCUT2D eigenvalue weighted by molar-refractivity contribution is -0.121. The fraction of sp³-hybridized carbons (Fsp3) is 0.700. The first-order chi connectivity index (χ1) is 7.69. The van der Waals surface area contributed by atoms with E-state index in [1.165, 1.54) is 0 Å². The third-order valence-corrected chi connectivity index (χ3v) is 3.39. The molecule has 0 spiro atoms. The van der Waals surface area contributed by atoms with Crippen LogP contribution < -0.4 is 5.32 Å². The van der Waals surface area contributed by atoms with Gasteiger partial charge in [0, 0.05) is 12.6 Å². The molecule has 0 radical (unpaired) electrons. The zero-order valence-corrected chi connectivity index (χ0v) is 10.2. The minimum Gasteiger partial charge on any atom is -0.351 e. The predicted molar refractivity (Wildman–Crippen MR) is 63.3 cm³/mol. The molecule has 6 heteroatoms. The second-order valence-electron chi connectivity index (χ2n) is 4.21. The van der Waals surface area contributed by atoms with Crippen molar-refractivity contribution in [3.63, 3.8) is 0 Å². The molecule has 1 saturated carbocycles. The summed E-state index contributed by atoms with van der Waals surface area (Å²) in [6, 6.07) is 0.0848. The third-order valence-electron chi connectivity index (χ3n) is 3.16. The lowest BCUT2D eigenvalue weighted by Crippen LogP contribution is -2.44. The average molecular weight is 240 g/mol. The van der Waals surface area contributed by atoms with E-state index in [-0.39, 0.29) is 17.5 Å². The van der Waals surface area contributed by atoms with Gasteiger partial charge in [0.15, 0.2) is 0 Å². The van der Waals surface area contributed by atoms with E-state index in [2.05, 4.69) is 28.3 Å². The zero-order chi connectivity index (χ0) is 11.6. The van der Waals surface area contributed by atoms with Crippen molar-refractivity contribution in [1.29, 1.82) is 0 Å². The van der Waals surface area contributed by atoms with Crippen molar-refractivity contribution in [2.24, 2.45) is 0 Å². The molecule has 1 N–H and O–H groups in total. The predicted octanol–water partition coefficient (Wildman–Crippen LogP) is 0.592. The molecule has 1 unspecified atom stereocenters. The van der Waals surface area contributed by atoms with E-state index in [0.717, 1.165) is 12.8 Å². The normalized spacial score (nSPS) is 19.1. The van der Waals surface area contributed by atoms with Crippen molar-refractivity contribution in [2.75, 3.05) is 5.75 Å². The second kappa shape index (κ2) is 4.45. The number of rotatable bonds is 5. The van der Waals surface area contributed by atoms with Crippen molar-refractivity contribution in [3.8, 4) is 0 Å². The second-order valence-corrected chi connectivity index (χ2v) is 4.66. The van der Waals surface area contributed by atoms with Gasteiger partial charge in [-0.2, -0.15) is 12.6 Å². The lowest BCUT2D eigenvalue weighted by atomic mass is 10.1. The van der Waals surface area contributed by atoms with Crippen molar-refractivity contribution in [1.82, 2.24) is 20.3 Å². The quantitative estimate of drug-likeness (QED) is 0.741. The van der Waals surface area contributed by atoms with Gasteiger partial charge in [0.25, 0.3) is 0 Å². The van der Waals surface area contributed by atoms with Crippen LogP contribution in [0.15, 0.2) is 12.4 Å². The summed E-state index contributed by atoms with van der Waals surface area (Å²) < 4.78 is 1.86. The van der Waals surface area contributed by atoms with Crippen LogP contribution in [0, 0.1) is 0 Å². The molecule has 16 heavy (non-hydrogen) atoms. The van der Waals surface area contributed by atoms with Gasteiger partial charge in [-0.1, -0.05) is 5.21 Å². The number of hydrogen-bond acceptors (Lipinski definition) is 4. The van der Waals surface area contributed by atoms with E-state index >= 15 is 0 Å². The van der Waals surface area contributed by atoms with Crippen LogP contribution in [0.3, 0.4) is 0 Å². The molecule has 1 amide bonds. The Morgan fingerprint density at radius 1 is 1.69 bits per heavy atom. The standard InChI is InChI=1S/C10H16N4OS/c1-8(12-9(15)2-7-16)10(3-4-10)14-6-5-11-13-14/h5-6,8,16H,2-4,7H2,1H3,(H,12,15). The fourth-order valence-electron chi connectivity index (χ4n) is 1.98. The molecule has 1 aromatic heterocycles. The SMILES string of the molecule is CC(NC(=O)CCS)C1(n2ccnn2)CC1. The van der Waals surface area contributed by atoms with Gasteiger partial charge in [0.2, 0.25) is 5.91 Å². The van der Waals surface area contributed by atoms with Gasteiger partial charge in [-0.15, -0.1) is 5.10 Å². The van der Waals surface area contributed by atoms with E-state index in [9.17, 15) is 4.79 Å². The van der Waals surface area contributed by atoms with E-state index in [0.29, 0.717) is 12.2 Å². The largest absolute Gasteiger partial charge is 0.351 e. The van der Waals surface area contributed by atoms with Crippen LogP contribution in [-0.4, -0.2) is 32.7 Å². The number of nitrogens with zero attached hydrogens (tertiary/aromatic N) is 3. The van der Waals surface area contributed by atoms with Gasteiger partial charge in [0.05, 0.1) is 17.8 Å². The monoisotopic (exact) mass is 240 g/mol. The minimum atomic E-state index is -0.0528. The summed E-state index contributed by atoms with van der Waals surface area (Å²) in [6.07, 6.45) is 6.06. The van der Waals surface area contributed by atoms with Crippen molar-refractivity contribution in [3.05, 3.63) is 12.4 Å². The number of carbonyl (C=O) groups is 1. The molecule has 1 fully saturated rings. The highest BCUT2D eigenvalue weighted by molar-refractivity contribution is 7.80. The minimum absolute atomic E-state index is 0.0499. The molecule has 88 valence electrons. The molecule has 1 aliphatic rings. The van der Waals surface area contributed by atoms with Crippen molar-refractivity contribution >= 4 is 18.5 Å². The highest BCUT2D eigenvalue weighted by atomic mass is 32.1. The van der Waals surface area contributed by atoms with Crippen LogP contribution in [0.4, 0.5) is 0 Å². The van der Waals surface area contributed by atoms with E-state index in [4.69, 9.17) is 0 Å². The summed E-state index contributed by atoms with van der Waals surface area (Å²) in [6.45, 7) is 2.02. The van der Waals surface area contributed by atoms with E-state index in [1.54, 1.807) is 6.20 Å². The lowest BCUT2D eigenvalue weighted by Gasteiger charge is -2.24. The third kappa shape index (κ3) is 2.07. The number of amides is 1. The smallest absolute Gasteiger partial charge is 0.221 e. The molecular formula is C10H16N4OS. The van der Waals surface area contributed by atoms with Crippen LogP contribution in [0.1, 0.15) is 26.2 Å². The van der Waals surface area contributed by atoms with Gasteiger partial charge < -0.3 is 5.32 Å². The van der Waals surface area contributed by atoms with Crippen LogP contribution >= 0.6 is 12.6 Å². The first-order valence-electron chi connectivity index (χ1n) is 5.46. The molecule has 0 bridgehead atoms. The van der Waals surface area contributed by atoms with Gasteiger partial charge in [-0.25, -0.2) is 4.68 Å². The van der Waals surface area contributed by atoms with Gasteiger partial charge >= 0.3 is 0 Å². The maximum Gasteiger partial charge on any atom is 0.221 e. The average Bonchev–Trinajstić information content (AvgIpc) is 2.87. The highest BCUT2D eigenvalue weighted by Crippen LogP contribution is 2.45. The summed E-state index contributed by atoms with van der Waals surface area (Å²) >= 11 is 4.04. The summed E-state index contributed by atoms with van der Waals surface area (Å²) in [5.41, 5.74) is -0.0528. The van der Waals surface area contributed by atoms with Crippen LogP contribution in [0.5, 0.6) is 0 Å². The Bertz CT molecular complexity index is 361. The molecule has 1 heterocycles. The van der Waals surface area contributed by atoms with Crippen LogP contribution in [0.25, 0.3) is 0 Å². The Labute approximate surface area is 100 Å². The first kappa shape index (κ1) is 11.4. The zero-order valence-electron chi connectivity index (χ0n) is 9.26. The molecular weight excluding hydrogens is 224 g/mol. The number of aromatic nitrogens is 3. The topological polar surface area (TPSA) is 59.8 Å². The Kier molecular flexibility index (Phi) is 3.18. The number of nitrogens with one attached hydrogen (secondary N) is 1. The molecule has 1 aromatic rings. The molecule has 1 aliphatic carbocycles. The first-order valence-corrected chi connectivity index (χ1v) is 6.09. The van der Waals surface area contributed by atoms with Crippen LogP contribution in [-0.2, 0) is 10.3 Å². The summed E-state index contributed by atoms with van der Waals surface area (Å²) in [4.78, 5) is 11.5. The van der Waals surface area contributed by atoms with Gasteiger partial charge in [0.1, 0.15) is 0 Å². The van der Waals surface area contributed by atoms with E-state index < -0.39 is 0 Å². The Hall–Kier alpha value is -1.04. The molecule has 0 saturated heterocycles. The Morgan fingerprint density at radius 3 is 2.94 bits per heavy atom. The molecule has 1 atom stereocenters. The highest BCUT2D eigenvalue weighted by Gasteiger charge is 2.50.